The van der Waals surface area contributed by atoms with Crippen molar-refractivity contribution in [2.24, 2.45) is 10.7 Å². The van der Waals surface area contributed by atoms with Crippen LogP contribution >= 0.6 is 61.1 Å². The summed E-state index contributed by atoms with van der Waals surface area (Å²) in [6.45, 7) is 16.3. The van der Waals surface area contributed by atoms with Gasteiger partial charge in [-0.2, -0.15) is 14.9 Å². The second kappa shape index (κ2) is 33.5. The zero-order valence-electron chi connectivity index (χ0n) is 44.5. The van der Waals surface area contributed by atoms with Crippen molar-refractivity contribution < 1.29 is 38.5 Å². The van der Waals surface area contributed by atoms with Crippen molar-refractivity contribution in [1.82, 2.24) is 15.2 Å². The number of thiazole rings is 1. The number of nitrogens with one attached hydrogen (secondary N) is 3. The molecule has 5 aromatic rings. The number of thioether (sulfide) groups is 1. The summed E-state index contributed by atoms with van der Waals surface area (Å²) < 4.78 is 16.8. The number of nitrogen functional groups attached to an aromatic ring is 1. The summed E-state index contributed by atoms with van der Waals surface area (Å²) >= 11 is 11.0. The Balaban J connectivity index is 0.000000305. The normalized spacial score (nSPS) is 12.6. The Bertz CT molecular complexity index is 2660. The smallest absolute Gasteiger partial charge is 0.410 e. The number of alkyl halides is 1. The fourth-order valence-corrected chi connectivity index (χ4v) is 8.63. The number of amidine groups is 1. The fourth-order valence-electron chi connectivity index (χ4n) is 6.71. The number of hydrogen-bond donors (Lipinski definition) is 6. The molecule has 0 bridgehead atoms. The number of carboxylic acids is 1. The number of nitrogens with two attached hydrogens (primary N) is 2. The molecule has 7 rings (SSSR count). The van der Waals surface area contributed by atoms with Gasteiger partial charge in [0.15, 0.2) is 21.2 Å². The second-order valence-corrected chi connectivity index (χ2v) is 21.3. The molecule has 0 radical (unpaired) electrons. The van der Waals surface area contributed by atoms with E-state index in [2.05, 4.69) is 60.9 Å². The van der Waals surface area contributed by atoms with Crippen LogP contribution in [0, 0.1) is 0 Å². The molecule has 0 spiro atoms. The maximum atomic E-state index is 13.0. The molecular formula is C55H74BrN8O8PS3. The molecule has 4 aromatic carbocycles. The number of aromatic nitrogens is 1. The first kappa shape index (κ1) is 64.7. The number of aliphatic carboxylic acids is 1. The van der Waals surface area contributed by atoms with E-state index in [9.17, 15) is 14.4 Å². The van der Waals surface area contributed by atoms with Gasteiger partial charge in [-0.3, -0.25) is 14.4 Å². The molecule has 2 aliphatic carbocycles. The molecule has 8 N–H and O–H groups in total. The van der Waals surface area contributed by atoms with Crippen molar-refractivity contribution in [2.75, 3.05) is 66.8 Å². The number of ether oxygens (including phenoxy) is 3. The summed E-state index contributed by atoms with van der Waals surface area (Å²) in [5, 5.41) is 18.6. The quantitative estimate of drug-likeness (QED) is 0.00809. The maximum absolute atomic E-state index is 13.0. The molecule has 1 atom stereocenters. The highest BCUT2D eigenvalue weighted by Gasteiger charge is 2.26. The van der Waals surface area contributed by atoms with E-state index >= 15 is 0 Å². The molecule has 1 heterocycles. The van der Waals surface area contributed by atoms with Crippen LogP contribution in [0.1, 0.15) is 123 Å². The van der Waals surface area contributed by atoms with E-state index in [1.54, 1.807) is 4.90 Å². The fraction of sp³-hybridized carbons (Fsp3) is 0.400. The van der Waals surface area contributed by atoms with Crippen LogP contribution in [0.25, 0.3) is 0 Å². The van der Waals surface area contributed by atoms with Crippen LogP contribution in [0.4, 0.5) is 27.1 Å². The van der Waals surface area contributed by atoms with E-state index in [0.717, 1.165) is 54.4 Å². The second-order valence-electron chi connectivity index (χ2n) is 18.0. The Morgan fingerprint density at radius 1 is 0.868 bits per heavy atom. The molecule has 2 aliphatic rings. The number of rotatable bonds is 20. The van der Waals surface area contributed by atoms with Gasteiger partial charge in [0.25, 0.3) is 5.97 Å². The molecule has 76 heavy (non-hydrogen) atoms. The molecule has 2 saturated carbocycles. The number of Topliss-reactive ketones (excluding diaryl/α,β-unsaturated/α-hetero) is 1. The first-order valence-corrected chi connectivity index (χ1v) is 28.1. The predicted octanol–water partition coefficient (Wildman–Crippen LogP) is 11.9. The van der Waals surface area contributed by atoms with E-state index < -0.39 is 11.6 Å². The number of carboxylic acid groups (broad SMARTS) is 1. The van der Waals surface area contributed by atoms with Crippen molar-refractivity contribution in [3.05, 3.63) is 124 Å². The van der Waals surface area contributed by atoms with Gasteiger partial charge in [-0.1, -0.05) is 89.3 Å². The summed E-state index contributed by atoms with van der Waals surface area (Å²) in [5.74, 6) is 3.18. The molecular weight excluding hydrogens is 1110 g/mol. The lowest BCUT2D eigenvalue weighted by atomic mass is 10.0. The lowest BCUT2D eigenvalue weighted by molar-refractivity contribution is -0.134. The number of halogens is 1. The number of hydrogen-bond acceptors (Lipinski definition) is 14. The number of nitrogens with zero attached hydrogens (tertiary/aromatic N) is 3. The van der Waals surface area contributed by atoms with Crippen molar-refractivity contribution in [3.63, 3.8) is 0 Å². The summed E-state index contributed by atoms with van der Waals surface area (Å²) in [7, 11) is 0. The van der Waals surface area contributed by atoms with Gasteiger partial charge in [-0.25, -0.2) is 9.78 Å². The van der Waals surface area contributed by atoms with Gasteiger partial charge < -0.3 is 51.6 Å². The Hall–Kier alpha value is -5.63. The number of ketones is 2. The summed E-state index contributed by atoms with van der Waals surface area (Å²) in [5.41, 5.74) is 17.0. The monoisotopic (exact) mass is 1180 g/mol. The molecule has 1 unspecified atom stereocenters. The van der Waals surface area contributed by atoms with Gasteiger partial charge in [0.2, 0.25) is 5.78 Å². The lowest BCUT2D eigenvalue weighted by Gasteiger charge is -2.26. The summed E-state index contributed by atoms with van der Waals surface area (Å²) in [4.78, 5) is 55.9. The minimum Gasteiger partial charge on any atom is -0.492 e. The standard InChI is InChI=1S/C23H26N4O2S.C19H30N4O3S2.C11H11BrO.C2H4O2.H3P/c1-2-25-12-13-29-19-10-8-18(9-11-19)26-23-27-22(24)21(30-23)20(28)17-5-3-4-16(14-17)15-6-7-15;1-6-23(18(24)26-19(3,4)5)12-13-25-15-10-8-14(9-11-15)21-17(27)22-16(20)28-7-2;12-7-11(13)10-3-1-2-9(6-10)8-4-5-8;1-2(3)4;/h3-5,8-11,14-15,25H,2,6-7,12-13,24H2,1H3,(H,26,27);8-11H,6-7,12-13H2,1-5H3,(H3,20,21,22,27);1-3,6,8H,4-5,7H2;1H3,(H,3,4);1H3. The lowest BCUT2D eigenvalue weighted by Crippen LogP contribution is -2.38. The average molecular weight is 1180 g/mol. The van der Waals surface area contributed by atoms with Crippen LogP contribution in [-0.4, -0.2) is 105 Å². The Labute approximate surface area is 473 Å². The molecule has 1 amide bonds. The third kappa shape index (κ3) is 24.6. The number of carbonyl (C=O) groups is 4. The zero-order chi connectivity index (χ0) is 54.9. The van der Waals surface area contributed by atoms with Crippen molar-refractivity contribution >= 4 is 117 Å². The molecule has 412 valence electrons. The number of carbonyl (C=O) groups excluding carboxylic acids is 3. The van der Waals surface area contributed by atoms with Gasteiger partial charge in [-0.15, -0.1) is 0 Å². The summed E-state index contributed by atoms with van der Waals surface area (Å²) in [6, 6.07) is 30.8. The number of aliphatic imine (C=N–C) groups is 1. The Morgan fingerprint density at radius 2 is 1.41 bits per heavy atom. The molecule has 21 heteroatoms. The van der Waals surface area contributed by atoms with Gasteiger partial charge in [-0.05, 0) is 162 Å². The number of benzene rings is 4. The third-order valence-electron chi connectivity index (χ3n) is 10.6. The number of anilines is 4. The Kier molecular flexibility index (Phi) is 28.5. The predicted molar refractivity (Wildman–Crippen MR) is 324 cm³/mol. The highest BCUT2D eigenvalue weighted by molar-refractivity contribution is 9.09. The first-order chi connectivity index (χ1) is 35.8. The molecule has 0 saturated heterocycles. The van der Waals surface area contributed by atoms with Crippen LogP contribution in [0.2, 0.25) is 0 Å². The van der Waals surface area contributed by atoms with Gasteiger partial charge in [0, 0.05) is 42.5 Å². The number of likely N-dealkylation sites (N-methyl/N-ethyl adjacent to an activating group) is 2. The van der Waals surface area contributed by atoms with E-state index in [1.165, 1.54) is 59.9 Å². The highest BCUT2D eigenvalue weighted by Crippen LogP contribution is 2.41. The van der Waals surface area contributed by atoms with Crippen molar-refractivity contribution in [3.8, 4) is 11.5 Å². The molecule has 1 aromatic heterocycles. The average Bonchev–Trinajstić information content (AvgIpc) is 4.33. The van der Waals surface area contributed by atoms with Crippen molar-refractivity contribution in [1.29, 1.82) is 0 Å². The topological polar surface area (TPSA) is 233 Å². The SMILES string of the molecule is CC(=O)O.CCNCCOc1ccc(Nc2nc(N)c(C(=O)c3cccc(C4CC4)c3)s2)cc1.CCSC(N)=NC(=S)Nc1ccc(OCCN(CC)C(=O)OC(C)(C)C)cc1.O=C(CBr)c1cccc(C2CC2)c1.P. The Morgan fingerprint density at radius 3 is 1.92 bits per heavy atom. The number of amides is 1. The van der Waals surface area contributed by atoms with Crippen LogP contribution in [0.15, 0.2) is 102 Å². The van der Waals surface area contributed by atoms with Crippen LogP contribution in [0.3, 0.4) is 0 Å². The van der Waals surface area contributed by atoms with Gasteiger partial charge in [0.1, 0.15) is 41.0 Å². The number of thiocarbonyl (C=S) groups is 1. The van der Waals surface area contributed by atoms with Crippen LogP contribution < -0.4 is 36.9 Å². The van der Waals surface area contributed by atoms with Gasteiger partial charge >= 0.3 is 6.09 Å². The van der Waals surface area contributed by atoms with Crippen LogP contribution in [-0.2, 0) is 9.53 Å². The van der Waals surface area contributed by atoms with E-state index in [0.29, 0.717) is 69.2 Å². The minimum absolute atomic E-state index is 0. The minimum atomic E-state index is -0.833. The van der Waals surface area contributed by atoms with Crippen molar-refractivity contribution in [2.45, 2.75) is 91.6 Å². The first-order valence-electron chi connectivity index (χ1n) is 24.8. The van der Waals surface area contributed by atoms with Gasteiger partial charge in [0.05, 0.1) is 11.9 Å². The molecule has 16 nitrogen and oxygen atoms in total. The third-order valence-corrected chi connectivity index (χ3v) is 13.0. The zero-order valence-corrected chi connectivity index (χ0v) is 49.9. The maximum Gasteiger partial charge on any atom is 0.410 e. The highest BCUT2D eigenvalue weighted by atomic mass is 79.9. The summed E-state index contributed by atoms with van der Waals surface area (Å²) in [6.07, 6.45) is 4.63. The van der Waals surface area contributed by atoms with Crippen LogP contribution in [0.5, 0.6) is 11.5 Å². The van der Waals surface area contributed by atoms with E-state index in [1.807, 2.05) is 120 Å². The molecule has 2 fully saturated rings. The van der Waals surface area contributed by atoms with E-state index in [4.69, 9.17) is 47.8 Å². The van der Waals surface area contributed by atoms with E-state index in [-0.39, 0.29) is 33.4 Å². The largest absolute Gasteiger partial charge is 0.492 e. The molecule has 0 aliphatic heterocycles.